The Morgan fingerprint density at radius 3 is 2.80 bits per heavy atom. The third kappa shape index (κ3) is 3.13. The van der Waals surface area contributed by atoms with Crippen molar-refractivity contribution in [2.45, 2.75) is 44.3 Å². The maximum absolute atomic E-state index is 12.9. The molecule has 4 aromatic rings. The second-order valence-corrected chi connectivity index (χ2v) is 8.58. The van der Waals surface area contributed by atoms with E-state index in [0.29, 0.717) is 22.9 Å². The van der Waals surface area contributed by atoms with Gasteiger partial charge in [0.2, 0.25) is 5.78 Å². The summed E-state index contributed by atoms with van der Waals surface area (Å²) in [6, 6.07) is 13.5. The van der Waals surface area contributed by atoms with Crippen LogP contribution < -0.4 is 5.56 Å². The summed E-state index contributed by atoms with van der Waals surface area (Å²) < 4.78 is 3.56. The minimum Gasteiger partial charge on any atom is -0.293 e. The number of thioether (sulfide) groups is 1. The number of fused-ring (bicyclic) bond motifs is 4. The van der Waals surface area contributed by atoms with Gasteiger partial charge in [-0.15, -0.1) is 10.2 Å². The van der Waals surface area contributed by atoms with E-state index in [1.54, 1.807) is 4.57 Å². The Kier molecular flexibility index (Phi) is 4.90. The van der Waals surface area contributed by atoms with Crippen LogP contribution in [0.1, 0.15) is 41.3 Å². The maximum atomic E-state index is 12.9. The average Bonchev–Trinajstić information content (AvgIpc) is 3.41. The molecule has 0 atom stereocenters. The number of carbonyl (C=O) groups is 1. The molecule has 0 aliphatic heterocycles. The lowest BCUT2D eigenvalue weighted by molar-refractivity contribution is 0.102. The molecule has 0 unspecified atom stereocenters. The summed E-state index contributed by atoms with van der Waals surface area (Å²) in [5.41, 5.74) is 4.13. The zero-order valence-electron chi connectivity index (χ0n) is 16.8. The molecule has 0 radical (unpaired) electrons. The average molecular weight is 419 g/mol. The summed E-state index contributed by atoms with van der Waals surface area (Å²) in [5, 5.41) is 9.86. The molecule has 2 aromatic carbocycles. The first kappa shape index (κ1) is 19.1. The van der Waals surface area contributed by atoms with Crippen molar-refractivity contribution in [2.75, 3.05) is 5.75 Å². The summed E-state index contributed by atoms with van der Waals surface area (Å²) in [7, 11) is 0. The molecule has 0 saturated carbocycles. The molecule has 2 heterocycles. The Bertz CT molecular complexity index is 1340. The number of aryl methyl sites for hydroxylation is 3. The predicted octanol–water partition coefficient (Wildman–Crippen LogP) is 3.92. The van der Waals surface area contributed by atoms with Gasteiger partial charge >= 0.3 is 0 Å². The van der Waals surface area contributed by atoms with Gasteiger partial charge in [-0.05, 0) is 55.0 Å². The Morgan fingerprint density at radius 2 is 1.93 bits per heavy atom. The van der Waals surface area contributed by atoms with Crippen LogP contribution in [0.25, 0.3) is 16.7 Å². The number of carbonyl (C=O) groups excluding carboxylic acids is 1. The van der Waals surface area contributed by atoms with Crippen LogP contribution in [0.5, 0.6) is 0 Å². The van der Waals surface area contributed by atoms with Gasteiger partial charge in [-0.25, -0.2) is 0 Å². The topological polar surface area (TPSA) is 69.3 Å². The zero-order valence-corrected chi connectivity index (χ0v) is 17.6. The van der Waals surface area contributed by atoms with Gasteiger partial charge in [0.25, 0.3) is 5.56 Å². The van der Waals surface area contributed by atoms with Gasteiger partial charge in [0, 0.05) is 12.1 Å². The van der Waals surface area contributed by atoms with E-state index in [1.165, 1.54) is 29.3 Å². The second-order valence-electron chi connectivity index (χ2n) is 7.64. The van der Waals surface area contributed by atoms with Crippen molar-refractivity contribution >= 4 is 34.2 Å². The second kappa shape index (κ2) is 7.72. The molecule has 5 rings (SSSR count). The number of nitrogens with zero attached hydrogens (tertiary/aromatic N) is 4. The molecule has 30 heavy (non-hydrogen) atoms. The SMILES string of the molecule is CCCn1c(=O)c2ccccc2n2c(SCC(=O)c3ccc4c(c3)CCC4)nnc12. The van der Waals surface area contributed by atoms with Crippen LogP contribution in [-0.4, -0.2) is 30.7 Å². The number of Topliss-reactive ketones (excluding diaryl/α,β-unsaturated/α-hetero) is 1. The zero-order chi connectivity index (χ0) is 20.7. The minimum atomic E-state index is -0.0573. The van der Waals surface area contributed by atoms with E-state index in [9.17, 15) is 9.59 Å². The van der Waals surface area contributed by atoms with Crippen LogP contribution >= 0.6 is 11.8 Å². The molecule has 7 heteroatoms. The highest BCUT2D eigenvalue weighted by Gasteiger charge is 2.18. The lowest BCUT2D eigenvalue weighted by Gasteiger charge is -2.10. The van der Waals surface area contributed by atoms with E-state index < -0.39 is 0 Å². The van der Waals surface area contributed by atoms with E-state index in [4.69, 9.17) is 0 Å². The third-order valence-electron chi connectivity index (χ3n) is 5.68. The number of para-hydroxylation sites is 1. The van der Waals surface area contributed by atoms with Crippen molar-refractivity contribution in [2.24, 2.45) is 0 Å². The first-order valence-corrected chi connectivity index (χ1v) is 11.3. The van der Waals surface area contributed by atoms with Gasteiger partial charge in [-0.3, -0.25) is 18.6 Å². The molecule has 1 aliphatic rings. The molecular formula is C23H22N4O2S. The van der Waals surface area contributed by atoms with Crippen LogP contribution in [0, 0.1) is 0 Å². The number of aromatic nitrogens is 4. The van der Waals surface area contributed by atoms with E-state index in [2.05, 4.69) is 16.3 Å². The van der Waals surface area contributed by atoms with Gasteiger partial charge < -0.3 is 0 Å². The first-order valence-electron chi connectivity index (χ1n) is 10.3. The summed E-state index contributed by atoms with van der Waals surface area (Å²) in [5.74, 6) is 0.881. The van der Waals surface area contributed by atoms with Crippen molar-refractivity contribution in [3.63, 3.8) is 0 Å². The fraction of sp³-hybridized carbons (Fsp3) is 0.304. The Labute approximate surface area is 177 Å². The summed E-state index contributed by atoms with van der Waals surface area (Å²) in [4.78, 5) is 25.7. The van der Waals surface area contributed by atoms with E-state index in [-0.39, 0.29) is 17.1 Å². The summed E-state index contributed by atoms with van der Waals surface area (Å²) in [6.45, 7) is 2.60. The largest absolute Gasteiger partial charge is 0.293 e. The normalized spacial score (nSPS) is 13.2. The van der Waals surface area contributed by atoms with Gasteiger partial charge in [0.05, 0.1) is 16.7 Å². The molecular weight excluding hydrogens is 396 g/mol. The molecule has 0 amide bonds. The van der Waals surface area contributed by atoms with Gasteiger partial charge in [-0.2, -0.15) is 0 Å². The molecule has 0 saturated heterocycles. The van der Waals surface area contributed by atoms with Crippen molar-refractivity contribution < 1.29 is 4.79 Å². The standard InChI is InChI=1S/C23H22N4O2S/c1-2-12-26-21(29)18-8-3-4-9-19(18)27-22(26)24-25-23(27)30-14-20(28)17-11-10-15-6-5-7-16(15)13-17/h3-4,8-11,13H,2,5-7,12,14H2,1H3. The monoisotopic (exact) mass is 418 g/mol. The summed E-state index contributed by atoms with van der Waals surface area (Å²) >= 11 is 1.36. The quantitative estimate of drug-likeness (QED) is 0.351. The number of ketones is 1. The summed E-state index contributed by atoms with van der Waals surface area (Å²) in [6.07, 6.45) is 4.15. The Morgan fingerprint density at radius 1 is 1.10 bits per heavy atom. The van der Waals surface area contributed by atoms with E-state index >= 15 is 0 Å². The molecule has 6 nitrogen and oxygen atoms in total. The molecule has 152 valence electrons. The highest BCUT2D eigenvalue weighted by atomic mass is 32.2. The van der Waals surface area contributed by atoms with E-state index in [1.807, 2.05) is 47.7 Å². The molecule has 0 bridgehead atoms. The van der Waals surface area contributed by atoms with Crippen molar-refractivity contribution in [1.82, 2.24) is 19.2 Å². The maximum Gasteiger partial charge on any atom is 0.262 e. The van der Waals surface area contributed by atoms with Crippen molar-refractivity contribution in [3.8, 4) is 0 Å². The first-order chi connectivity index (χ1) is 14.7. The number of benzene rings is 2. The van der Waals surface area contributed by atoms with Crippen LogP contribution in [-0.2, 0) is 19.4 Å². The van der Waals surface area contributed by atoms with Gasteiger partial charge in [0.15, 0.2) is 10.9 Å². The van der Waals surface area contributed by atoms with E-state index in [0.717, 1.165) is 30.3 Å². The fourth-order valence-electron chi connectivity index (χ4n) is 4.21. The highest BCUT2D eigenvalue weighted by Crippen LogP contribution is 2.25. The lowest BCUT2D eigenvalue weighted by atomic mass is 10.0. The molecule has 1 aliphatic carbocycles. The van der Waals surface area contributed by atoms with Gasteiger partial charge in [0.1, 0.15) is 0 Å². The molecule has 2 aromatic heterocycles. The lowest BCUT2D eigenvalue weighted by Crippen LogP contribution is -2.23. The van der Waals surface area contributed by atoms with Crippen molar-refractivity contribution in [3.05, 3.63) is 69.5 Å². The number of hydrogen-bond donors (Lipinski definition) is 0. The number of rotatable bonds is 6. The minimum absolute atomic E-state index is 0.0573. The highest BCUT2D eigenvalue weighted by molar-refractivity contribution is 7.99. The predicted molar refractivity (Wildman–Crippen MR) is 119 cm³/mol. The van der Waals surface area contributed by atoms with Gasteiger partial charge in [-0.1, -0.05) is 43.0 Å². The third-order valence-corrected chi connectivity index (χ3v) is 6.61. The van der Waals surface area contributed by atoms with Crippen LogP contribution in [0.3, 0.4) is 0 Å². The van der Waals surface area contributed by atoms with Crippen molar-refractivity contribution in [1.29, 1.82) is 0 Å². The number of hydrogen-bond acceptors (Lipinski definition) is 5. The molecule has 0 fully saturated rings. The van der Waals surface area contributed by atoms with Crippen LogP contribution in [0.4, 0.5) is 0 Å². The fourth-order valence-corrected chi connectivity index (χ4v) is 5.05. The van der Waals surface area contributed by atoms with Crippen LogP contribution in [0.15, 0.2) is 52.4 Å². The Balaban J connectivity index is 1.51. The Hall–Kier alpha value is -2.93. The smallest absolute Gasteiger partial charge is 0.262 e. The van der Waals surface area contributed by atoms with Crippen LogP contribution in [0.2, 0.25) is 0 Å². The molecule has 0 spiro atoms. The molecule has 0 N–H and O–H groups in total.